The summed E-state index contributed by atoms with van der Waals surface area (Å²) in [5, 5.41) is 3.55. The van der Waals surface area contributed by atoms with Crippen LogP contribution >= 0.6 is 11.3 Å². The van der Waals surface area contributed by atoms with E-state index in [1.165, 1.54) is 55.1 Å². The number of nitrogens with zero attached hydrogens (tertiary/aromatic N) is 1. The molecule has 1 aliphatic heterocycles. The van der Waals surface area contributed by atoms with Crippen LogP contribution in [0.4, 0.5) is 0 Å². The Morgan fingerprint density at radius 1 is 1.18 bits per heavy atom. The van der Waals surface area contributed by atoms with E-state index in [9.17, 15) is 0 Å². The highest BCUT2D eigenvalue weighted by Crippen LogP contribution is 2.14. The molecule has 0 atom stereocenters. The quantitative estimate of drug-likeness (QED) is 0.810. The molecule has 0 saturated carbocycles. The second-order valence-electron chi connectivity index (χ2n) is 4.94. The van der Waals surface area contributed by atoms with Crippen molar-refractivity contribution in [1.29, 1.82) is 0 Å². The largest absolute Gasteiger partial charge is 0.311 e. The van der Waals surface area contributed by atoms with Crippen molar-refractivity contribution in [3.63, 3.8) is 0 Å². The molecule has 0 spiro atoms. The Labute approximate surface area is 109 Å². The van der Waals surface area contributed by atoms with E-state index in [-0.39, 0.29) is 0 Å². The van der Waals surface area contributed by atoms with Crippen molar-refractivity contribution in [2.24, 2.45) is 0 Å². The molecule has 2 rings (SSSR count). The van der Waals surface area contributed by atoms with Crippen LogP contribution in [0.1, 0.15) is 35.4 Å². The van der Waals surface area contributed by atoms with E-state index < -0.39 is 0 Å². The number of thiophene rings is 1. The molecule has 0 unspecified atom stereocenters. The maximum Gasteiger partial charge on any atom is 0.0300 e. The summed E-state index contributed by atoms with van der Waals surface area (Å²) in [6.45, 7) is 8.15. The molecule has 1 fully saturated rings. The van der Waals surface area contributed by atoms with Crippen molar-refractivity contribution in [2.45, 2.75) is 39.2 Å². The molecule has 0 radical (unpaired) electrons. The van der Waals surface area contributed by atoms with Gasteiger partial charge in [-0.05, 0) is 45.0 Å². The predicted molar refractivity (Wildman–Crippen MR) is 75.7 cm³/mol. The van der Waals surface area contributed by atoms with E-state index in [0.717, 1.165) is 13.1 Å². The van der Waals surface area contributed by atoms with Crippen LogP contribution in [-0.2, 0) is 6.54 Å². The second-order valence-corrected chi connectivity index (χ2v) is 6.32. The molecule has 17 heavy (non-hydrogen) atoms. The van der Waals surface area contributed by atoms with E-state index in [1.54, 1.807) is 0 Å². The van der Waals surface area contributed by atoms with Crippen LogP contribution in [-0.4, -0.2) is 31.1 Å². The summed E-state index contributed by atoms with van der Waals surface area (Å²) in [5.74, 6) is 0. The predicted octanol–water partition coefficient (Wildman–Crippen LogP) is 3.02. The van der Waals surface area contributed by atoms with Crippen LogP contribution in [0.2, 0.25) is 0 Å². The standard InChI is InChI=1S/C14H24N2S/c1-13-6-7-14(17-13)12-15-8-11-16-9-4-2-3-5-10-16/h6-7,15H,2-5,8-12H2,1H3. The number of likely N-dealkylation sites (tertiary alicyclic amines) is 1. The normalized spacial score (nSPS) is 18.2. The lowest BCUT2D eigenvalue weighted by molar-refractivity contribution is 0.284. The molecule has 0 aromatic carbocycles. The van der Waals surface area contributed by atoms with Crippen LogP contribution in [0.15, 0.2) is 12.1 Å². The van der Waals surface area contributed by atoms with Crippen molar-refractivity contribution >= 4 is 11.3 Å². The zero-order chi connectivity index (χ0) is 11.9. The average Bonchev–Trinajstić information content (AvgIpc) is 2.59. The van der Waals surface area contributed by atoms with Crippen LogP contribution < -0.4 is 5.32 Å². The number of aryl methyl sites for hydroxylation is 1. The Bertz CT molecular complexity index is 314. The van der Waals surface area contributed by atoms with E-state index in [0.29, 0.717) is 0 Å². The molecule has 0 bridgehead atoms. The SMILES string of the molecule is Cc1ccc(CNCCN2CCCCCC2)s1. The van der Waals surface area contributed by atoms with Gasteiger partial charge >= 0.3 is 0 Å². The van der Waals surface area contributed by atoms with Crippen molar-refractivity contribution in [1.82, 2.24) is 10.2 Å². The van der Waals surface area contributed by atoms with Crippen molar-refractivity contribution in [2.75, 3.05) is 26.2 Å². The molecule has 1 saturated heterocycles. The zero-order valence-corrected chi connectivity index (χ0v) is 11.7. The molecule has 1 aliphatic rings. The molecule has 3 heteroatoms. The van der Waals surface area contributed by atoms with E-state index in [1.807, 2.05) is 11.3 Å². The van der Waals surface area contributed by atoms with Gasteiger partial charge in [0.05, 0.1) is 0 Å². The van der Waals surface area contributed by atoms with Crippen molar-refractivity contribution in [3.05, 3.63) is 21.9 Å². The minimum atomic E-state index is 1.03. The van der Waals surface area contributed by atoms with Gasteiger partial charge in [-0.2, -0.15) is 0 Å². The summed E-state index contributed by atoms with van der Waals surface area (Å²) in [5.41, 5.74) is 0. The smallest absolute Gasteiger partial charge is 0.0300 e. The Kier molecular flexibility index (Phi) is 5.49. The lowest BCUT2D eigenvalue weighted by atomic mass is 10.2. The van der Waals surface area contributed by atoms with Gasteiger partial charge in [0, 0.05) is 29.4 Å². The first-order valence-electron chi connectivity index (χ1n) is 6.83. The highest BCUT2D eigenvalue weighted by molar-refractivity contribution is 7.11. The Balaban J connectivity index is 1.59. The first-order valence-corrected chi connectivity index (χ1v) is 7.64. The maximum atomic E-state index is 3.55. The number of hydrogen-bond acceptors (Lipinski definition) is 3. The molecular formula is C14H24N2S. The third-order valence-electron chi connectivity index (χ3n) is 3.40. The van der Waals surface area contributed by atoms with E-state index in [2.05, 4.69) is 29.3 Å². The molecule has 96 valence electrons. The van der Waals surface area contributed by atoms with Crippen LogP contribution in [0, 0.1) is 6.92 Å². The van der Waals surface area contributed by atoms with Crippen molar-refractivity contribution < 1.29 is 0 Å². The Hall–Kier alpha value is -0.380. The Morgan fingerprint density at radius 2 is 1.94 bits per heavy atom. The van der Waals surface area contributed by atoms with Gasteiger partial charge in [0.2, 0.25) is 0 Å². The van der Waals surface area contributed by atoms with Crippen LogP contribution in [0.5, 0.6) is 0 Å². The van der Waals surface area contributed by atoms with Gasteiger partial charge in [-0.1, -0.05) is 12.8 Å². The summed E-state index contributed by atoms with van der Waals surface area (Å²) in [4.78, 5) is 5.48. The molecule has 0 aliphatic carbocycles. The molecule has 1 N–H and O–H groups in total. The summed E-state index contributed by atoms with van der Waals surface area (Å²) in [7, 11) is 0. The lowest BCUT2D eigenvalue weighted by Gasteiger charge is -2.19. The van der Waals surface area contributed by atoms with Gasteiger partial charge in [-0.15, -0.1) is 11.3 Å². The van der Waals surface area contributed by atoms with E-state index in [4.69, 9.17) is 0 Å². The van der Waals surface area contributed by atoms with Crippen LogP contribution in [0.25, 0.3) is 0 Å². The monoisotopic (exact) mass is 252 g/mol. The van der Waals surface area contributed by atoms with Gasteiger partial charge in [0.25, 0.3) is 0 Å². The number of rotatable bonds is 5. The first-order chi connectivity index (χ1) is 8.34. The second kappa shape index (κ2) is 7.14. The highest BCUT2D eigenvalue weighted by Gasteiger charge is 2.07. The van der Waals surface area contributed by atoms with Gasteiger partial charge in [0.15, 0.2) is 0 Å². The highest BCUT2D eigenvalue weighted by atomic mass is 32.1. The lowest BCUT2D eigenvalue weighted by Crippen LogP contribution is -2.32. The fourth-order valence-corrected chi connectivity index (χ4v) is 3.25. The molecule has 2 nitrogen and oxygen atoms in total. The van der Waals surface area contributed by atoms with Gasteiger partial charge in [-0.25, -0.2) is 0 Å². The third kappa shape index (κ3) is 4.78. The molecule has 1 aromatic rings. The van der Waals surface area contributed by atoms with E-state index >= 15 is 0 Å². The topological polar surface area (TPSA) is 15.3 Å². The average molecular weight is 252 g/mol. The molecule has 1 aromatic heterocycles. The molecule has 0 amide bonds. The summed E-state index contributed by atoms with van der Waals surface area (Å²) in [6.07, 6.45) is 5.64. The van der Waals surface area contributed by atoms with Crippen LogP contribution in [0.3, 0.4) is 0 Å². The first kappa shape index (κ1) is 13.1. The summed E-state index contributed by atoms with van der Waals surface area (Å²) >= 11 is 1.90. The number of hydrogen-bond donors (Lipinski definition) is 1. The fraction of sp³-hybridized carbons (Fsp3) is 0.714. The number of nitrogens with one attached hydrogen (secondary N) is 1. The maximum absolute atomic E-state index is 3.55. The third-order valence-corrected chi connectivity index (χ3v) is 4.40. The molecule has 2 heterocycles. The van der Waals surface area contributed by atoms with Gasteiger partial charge in [0.1, 0.15) is 0 Å². The summed E-state index contributed by atoms with van der Waals surface area (Å²) in [6, 6.07) is 4.44. The van der Waals surface area contributed by atoms with Gasteiger partial charge < -0.3 is 10.2 Å². The van der Waals surface area contributed by atoms with Gasteiger partial charge in [-0.3, -0.25) is 0 Å². The fourth-order valence-electron chi connectivity index (χ4n) is 2.39. The Morgan fingerprint density at radius 3 is 2.59 bits per heavy atom. The van der Waals surface area contributed by atoms with Crippen molar-refractivity contribution in [3.8, 4) is 0 Å². The minimum Gasteiger partial charge on any atom is -0.311 e. The zero-order valence-electron chi connectivity index (χ0n) is 10.9. The summed E-state index contributed by atoms with van der Waals surface area (Å²) < 4.78 is 0. The minimum absolute atomic E-state index is 1.03. The molecular weight excluding hydrogens is 228 g/mol.